The van der Waals surface area contributed by atoms with Gasteiger partial charge in [-0.1, -0.05) is 17.7 Å². The van der Waals surface area contributed by atoms with E-state index in [0.29, 0.717) is 23.9 Å². The topological polar surface area (TPSA) is 58.6 Å². The van der Waals surface area contributed by atoms with Gasteiger partial charge in [0.05, 0.1) is 23.9 Å². The number of ether oxygens (including phenoxy) is 1. The van der Waals surface area contributed by atoms with Gasteiger partial charge in [-0.15, -0.1) is 11.3 Å². The van der Waals surface area contributed by atoms with Crippen molar-refractivity contribution in [3.8, 4) is 0 Å². The Bertz CT molecular complexity index is 741. The van der Waals surface area contributed by atoms with Crippen molar-refractivity contribution < 1.29 is 13.2 Å². The molecule has 1 fully saturated rings. The number of halogens is 1. The van der Waals surface area contributed by atoms with Crippen LogP contribution in [-0.2, 0) is 14.8 Å². The second kappa shape index (κ2) is 6.45. The fraction of sp³-hybridized carbons (Fsp3) is 0.286. The van der Waals surface area contributed by atoms with Crippen LogP contribution in [-0.4, -0.2) is 34.7 Å². The molecule has 1 N–H and O–H groups in total. The minimum atomic E-state index is -3.60. The Balaban J connectivity index is 1.87. The summed E-state index contributed by atoms with van der Waals surface area (Å²) in [6, 6.07) is 8.62. The Morgan fingerprint density at radius 2 is 2.00 bits per heavy atom. The zero-order chi connectivity index (χ0) is 15.6. The van der Waals surface area contributed by atoms with E-state index in [9.17, 15) is 8.42 Å². The maximum atomic E-state index is 12.3. The Kier molecular flexibility index (Phi) is 4.58. The molecule has 0 radical (unpaired) electrons. The van der Waals surface area contributed by atoms with Crippen molar-refractivity contribution in [2.75, 3.05) is 35.9 Å². The molecule has 118 valence electrons. The van der Waals surface area contributed by atoms with Crippen molar-refractivity contribution in [2.24, 2.45) is 0 Å². The Morgan fingerprint density at radius 1 is 1.23 bits per heavy atom. The summed E-state index contributed by atoms with van der Waals surface area (Å²) in [4.78, 5) is 2.14. The molecule has 1 saturated heterocycles. The van der Waals surface area contributed by atoms with Crippen LogP contribution >= 0.6 is 22.9 Å². The van der Waals surface area contributed by atoms with Crippen LogP contribution in [0.2, 0.25) is 5.02 Å². The quantitative estimate of drug-likeness (QED) is 0.912. The number of sulfonamides is 1. The first kappa shape index (κ1) is 15.6. The van der Waals surface area contributed by atoms with Crippen LogP contribution < -0.4 is 9.62 Å². The first-order valence-electron chi connectivity index (χ1n) is 6.75. The van der Waals surface area contributed by atoms with Crippen LogP contribution in [0.3, 0.4) is 0 Å². The van der Waals surface area contributed by atoms with E-state index < -0.39 is 10.0 Å². The van der Waals surface area contributed by atoms with Crippen molar-refractivity contribution in [1.82, 2.24) is 0 Å². The molecule has 1 aromatic heterocycles. The fourth-order valence-corrected chi connectivity index (χ4v) is 4.51. The van der Waals surface area contributed by atoms with E-state index >= 15 is 0 Å². The summed E-state index contributed by atoms with van der Waals surface area (Å²) in [5, 5.41) is 2.09. The largest absolute Gasteiger partial charge is 0.378 e. The maximum Gasteiger partial charge on any atom is 0.271 e. The summed E-state index contributed by atoms with van der Waals surface area (Å²) in [6.07, 6.45) is 0. The zero-order valence-corrected chi connectivity index (χ0v) is 14.0. The molecule has 8 heteroatoms. The van der Waals surface area contributed by atoms with Gasteiger partial charge in [-0.25, -0.2) is 8.42 Å². The third-order valence-electron chi connectivity index (χ3n) is 3.33. The Morgan fingerprint density at radius 3 is 2.68 bits per heavy atom. The minimum absolute atomic E-state index is 0.264. The summed E-state index contributed by atoms with van der Waals surface area (Å²) < 4.78 is 32.8. The van der Waals surface area contributed by atoms with Crippen LogP contribution in [0.15, 0.2) is 39.9 Å². The Hall–Kier alpha value is -1.28. The van der Waals surface area contributed by atoms with Crippen LogP contribution in [0.4, 0.5) is 11.4 Å². The van der Waals surface area contributed by atoms with E-state index in [2.05, 4.69) is 9.62 Å². The summed E-state index contributed by atoms with van der Waals surface area (Å²) >= 11 is 7.30. The second-order valence-electron chi connectivity index (χ2n) is 4.80. The maximum absolute atomic E-state index is 12.3. The first-order chi connectivity index (χ1) is 10.6. The first-order valence-corrected chi connectivity index (χ1v) is 9.49. The highest BCUT2D eigenvalue weighted by atomic mass is 35.5. The highest BCUT2D eigenvalue weighted by Gasteiger charge is 2.18. The number of nitrogens with zero attached hydrogens (tertiary/aromatic N) is 1. The molecule has 0 amide bonds. The van der Waals surface area contributed by atoms with Crippen LogP contribution in [0, 0.1) is 0 Å². The van der Waals surface area contributed by atoms with Gasteiger partial charge in [0.25, 0.3) is 10.0 Å². The summed E-state index contributed by atoms with van der Waals surface area (Å²) in [6.45, 7) is 2.88. The molecule has 0 spiro atoms. The lowest BCUT2D eigenvalue weighted by atomic mass is 10.2. The molecule has 0 unspecified atom stereocenters. The van der Waals surface area contributed by atoms with Gasteiger partial charge >= 0.3 is 0 Å². The standard InChI is InChI=1S/C14H15ClN2O3S2/c15-12-4-3-11(17-5-7-20-8-6-17)10-13(12)16-22(18,19)14-2-1-9-21-14/h1-4,9-10,16H,5-8H2. The van der Waals surface area contributed by atoms with Crippen LogP contribution in [0.25, 0.3) is 0 Å². The minimum Gasteiger partial charge on any atom is -0.378 e. The smallest absolute Gasteiger partial charge is 0.271 e. The van der Waals surface area contributed by atoms with Gasteiger partial charge in [0, 0.05) is 18.8 Å². The van der Waals surface area contributed by atoms with Gasteiger partial charge < -0.3 is 9.64 Å². The molecule has 0 aliphatic carbocycles. The molecular weight excluding hydrogens is 344 g/mol. The number of nitrogens with one attached hydrogen (secondary N) is 1. The monoisotopic (exact) mass is 358 g/mol. The molecule has 0 atom stereocenters. The number of benzene rings is 1. The molecule has 2 heterocycles. The van der Waals surface area contributed by atoms with Crippen LogP contribution in [0.5, 0.6) is 0 Å². The van der Waals surface area contributed by atoms with Gasteiger partial charge in [0.1, 0.15) is 4.21 Å². The predicted octanol–water partition coefficient (Wildman–Crippen LogP) is 3.04. The van der Waals surface area contributed by atoms with E-state index in [1.165, 1.54) is 11.3 Å². The SMILES string of the molecule is O=S(=O)(Nc1cc(N2CCOCC2)ccc1Cl)c1cccs1. The zero-order valence-electron chi connectivity index (χ0n) is 11.7. The summed E-state index contributed by atoms with van der Waals surface area (Å²) in [5.41, 5.74) is 1.32. The average Bonchev–Trinajstić information content (AvgIpc) is 3.05. The van der Waals surface area contributed by atoms with E-state index in [-0.39, 0.29) is 4.21 Å². The average molecular weight is 359 g/mol. The lowest BCUT2D eigenvalue weighted by Gasteiger charge is -2.29. The summed E-state index contributed by atoms with van der Waals surface area (Å²) in [5.74, 6) is 0. The molecule has 0 bridgehead atoms. The second-order valence-corrected chi connectivity index (χ2v) is 8.07. The van der Waals surface area contributed by atoms with Gasteiger partial charge in [0.15, 0.2) is 0 Å². The molecule has 22 heavy (non-hydrogen) atoms. The van der Waals surface area contributed by atoms with E-state index in [1.54, 1.807) is 29.6 Å². The van der Waals surface area contributed by atoms with Gasteiger partial charge in [-0.05, 0) is 29.6 Å². The van der Waals surface area contributed by atoms with Crippen molar-refractivity contribution in [2.45, 2.75) is 4.21 Å². The lowest BCUT2D eigenvalue weighted by molar-refractivity contribution is 0.122. The Labute approximate surface area is 138 Å². The molecule has 1 aromatic carbocycles. The normalized spacial score (nSPS) is 15.8. The molecule has 5 nitrogen and oxygen atoms in total. The van der Waals surface area contributed by atoms with E-state index in [1.807, 2.05) is 6.07 Å². The number of morpholine rings is 1. The highest BCUT2D eigenvalue weighted by Crippen LogP contribution is 2.30. The third-order valence-corrected chi connectivity index (χ3v) is 6.42. The third kappa shape index (κ3) is 3.38. The number of hydrogen-bond acceptors (Lipinski definition) is 5. The van der Waals surface area contributed by atoms with Crippen LogP contribution in [0.1, 0.15) is 0 Å². The molecule has 1 aliphatic heterocycles. The van der Waals surface area contributed by atoms with Crippen molar-refractivity contribution >= 4 is 44.3 Å². The van der Waals surface area contributed by atoms with Crippen molar-refractivity contribution in [3.05, 3.63) is 40.7 Å². The fourth-order valence-electron chi connectivity index (χ4n) is 2.22. The predicted molar refractivity (Wildman–Crippen MR) is 89.6 cm³/mol. The molecule has 3 rings (SSSR count). The number of thiophene rings is 1. The van der Waals surface area contributed by atoms with Gasteiger partial charge in [-0.2, -0.15) is 0 Å². The lowest BCUT2D eigenvalue weighted by Crippen LogP contribution is -2.36. The number of rotatable bonds is 4. The van der Waals surface area contributed by atoms with E-state index in [4.69, 9.17) is 16.3 Å². The van der Waals surface area contributed by atoms with Crippen molar-refractivity contribution in [1.29, 1.82) is 0 Å². The highest BCUT2D eigenvalue weighted by molar-refractivity contribution is 7.94. The molecular formula is C14H15ClN2O3S2. The number of hydrogen-bond donors (Lipinski definition) is 1. The van der Waals surface area contributed by atoms with Gasteiger partial charge in [-0.3, -0.25) is 4.72 Å². The van der Waals surface area contributed by atoms with Crippen molar-refractivity contribution in [3.63, 3.8) is 0 Å². The molecule has 2 aromatic rings. The number of anilines is 2. The summed E-state index contributed by atoms with van der Waals surface area (Å²) in [7, 11) is -3.60. The van der Waals surface area contributed by atoms with E-state index in [0.717, 1.165) is 18.8 Å². The molecule has 0 saturated carbocycles. The van der Waals surface area contributed by atoms with Gasteiger partial charge in [0.2, 0.25) is 0 Å². The molecule has 1 aliphatic rings.